The first-order valence-electron chi connectivity index (χ1n) is 7.79. The van der Waals surface area contributed by atoms with Gasteiger partial charge < -0.3 is 10.1 Å². The molecule has 1 N–H and O–H groups in total. The molecule has 0 spiro atoms. The van der Waals surface area contributed by atoms with Crippen LogP contribution in [-0.2, 0) is 14.3 Å². The first kappa shape index (κ1) is 18.0. The molecule has 0 fully saturated rings. The summed E-state index contributed by atoms with van der Waals surface area (Å²) in [6.45, 7) is 3.40. The predicted octanol–water partition coefficient (Wildman–Crippen LogP) is 4.32. The van der Waals surface area contributed by atoms with E-state index >= 15 is 0 Å². The summed E-state index contributed by atoms with van der Waals surface area (Å²) in [5.74, 6) is -1.16. The van der Waals surface area contributed by atoms with Crippen LogP contribution in [0.5, 0.6) is 0 Å². The zero-order valence-electron chi connectivity index (χ0n) is 13.7. The summed E-state index contributed by atoms with van der Waals surface area (Å²) in [4.78, 5) is 24.2. The highest BCUT2D eigenvalue weighted by molar-refractivity contribution is 6.31. The number of ether oxygens (including phenoxy) is 1. The molecule has 1 amide bonds. The Labute approximate surface area is 146 Å². The second-order valence-electron chi connectivity index (χ2n) is 5.44. The van der Waals surface area contributed by atoms with Gasteiger partial charge in [-0.3, -0.25) is 9.59 Å². The van der Waals surface area contributed by atoms with Gasteiger partial charge in [-0.15, -0.1) is 0 Å². The van der Waals surface area contributed by atoms with E-state index in [1.54, 1.807) is 18.2 Å². The number of esters is 1. The number of hydrogen-bond acceptors (Lipinski definition) is 3. The zero-order valence-corrected chi connectivity index (χ0v) is 14.5. The van der Waals surface area contributed by atoms with Crippen molar-refractivity contribution in [2.24, 2.45) is 0 Å². The second-order valence-corrected chi connectivity index (χ2v) is 5.85. The monoisotopic (exact) mass is 345 g/mol. The first-order valence-corrected chi connectivity index (χ1v) is 8.17. The molecule has 0 aliphatic heterocycles. The van der Waals surface area contributed by atoms with Crippen LogP contribution in [0.3, 0.4) is 0 Å². The molecule has 2 aromatic rings. The largest absolute Gasteiger partial charge is 0.455 e. The molecule has 0 heterocycles. The summed E-state index contributed by atoms with van der Waals surface area (Å²) in [6.07, 6.45) is 0.609. The van der Waals surface area contributed by atoms with Gasteiger partial charge in [0.1, 0.15) is 0 Å². The Morgan fingerprint density at radius 3 is 2.50 bits per heavy atom. The van der Waals surface area contributed by atoms with Gasteiger partial charge in [-0.25, -0.2) is 0 Å². The van der Waals surface area contributed by atoms with Crippen LogP contribution in [0.2, 0.25) is 5.02 Å². The molecular weight excluding hydrogens is 326 g/mol. The summed E-state index contributed by atoms with van der Waals surface area (Å²) >= 11 is 6.02. The number of carbonyl (C=O) groups excluding carboxylic acids is 2. The molecule has 0 saturated heterocycles. The van der Waals surface area contributed by atoms with Crippen molar-refractivity contribution in [2.45, 2.75) is 26.2 Å². The highest BCUT2D eigenvalue weighted by Gasteiger charge is 2.21. The lowest BCUT2D eigenvalue weighted by molar-refractivity contribution is -0.149. The minimum atomic E-state index is -0.401. The Bertz CT molecular complexity index is 716. The van der Waals surface area contributed by atoms with Crippen LogP contribution >= 0.6 is 11.6 Å². The normalized spacial score (nSPS) is 11.6. The average Bonchev–Trinajstić information content (AvgIpc) is 2.59. The summed E-state index contributed by atoms with van der Waals surface area (Å²) in [7, 11) is 0. The van der Waals surface area contributed by atoms with Crippen LogP contribution in [0.1, 0.15) is 30.4 Å². The van der Waals surface area contributed by atoms with E-state index in [1.165, 1.54) is 0 Å². The predicted molar refractivity (Wildman–Crippen MR) is 95.3 cm³/mol. The summed E-state index contributed by atoms with van der Waals surface area (Å²) in [5.41, 5.74) is 2.27. The minimum absolute atomic E-state index is 0.325. The van der Waals surface area contributed by atoms with E-state index in [2.05, 4.69) is 5.32 Å². The maximum atomic E-state index is 12.2. The van der Waals surface area contributed by atoms with E-state index in [4.69, 9.17) is 16.3 Å². The molecule has 5 heteroatoms. The molecule has 4 nitrogen and oxygen atoms in total. The summed E-state index contributed by atoms with van der Waals surface area (Å²) in [5, 5.41) is 3.27. The molecule has 2 rings (SSSR count). The van der Waals surface area contributed by atoms with Crippen molar-refractivity contribution in [3.8, 4) is 0 Å². The Kier molecular flexibility index (Phi) is 6.38. The third-order valence-corrected chi connectivity index (χ3v) is 4.19. The molecule has 2 aromatic carbocycles. The Balaban J connectivity index is 1.93. The van der Waals surface area contributed by atoms with Crippen molar-refractivity contribution in [2.75, 3.05) is 11.9 Å². The van der Waals surface area contributed by atoms with Crippen molar-refractivity contribution in [1.82, 2.24) is 0 Å². The average molecular weight is 346 g/mol. The zero-order chi connectivity index (χ0) is 17.5. The fourth-order valence-corrected chi connectivity index (χ4v) is 2.56. The van der Waals surface area contributed by atoms with E-state index in [0.717, 1.165) is 11.1 Å². The quantitative estimate of drug-likeness (QED) is 0.793. The minimum Gasteiger partial charge on any atom is -0.455 e. The highest BCUT2D eigenvalue weighted by Crippen LogP contribution is 2.23. The van der Waals surface area contributed by atoms with E-state index in [-0.39, 0.29) is 12.5 Å². The standard InChI is InChI=1S/C19H20ClNO3/c1-3-15(14-8-5-4-6-9-14)19(23)24-12-18(22)21-17-11-7-10-16(20)13(17)2/h4-11,15H,3,12H2,1-2H3,(H,21,22)/t15-/m0/s1. The maximum absolute atomic E-state index is 12.2. The number of hydrogen-bond donors (Lipinski definition) is 1. The van der Waals surface area contributed by atoms with E-state index in [0.29, 0.717) is 17.1 Å². The molecule has 0 bridgehead atoms. The van der Waals surface area contributed by atoms with E-state index in [9.17, 15) is 9.59 Å². The van der Waals surface area contributed by atoms with Gasteiger partial charge in [0, 0.05) is 10.7 Å². The second kappa shape index (κ2) is 8.50. The van der Waals surface area contributed by atoms with Crippen molar-refractivity contribution >= 4 is 29.2 Å². The molecule has 24 heavy (non-hydrogen) atoms. The fraction of sp³-hybridized carbons (Fsp3) is 0.263. The SMILES string of the molecule is CC[C@H](C(=O)OCC(=O)Nc1cccc(Cl)c1C)c1ccccc1. The highest BCUT2D eigenvalue weighted by atomic mass is 35.5. The lowest BCUT2D eigenvalue weighted by Gasteiger charge is -2.15. The lowest BCUT2D eigenvalue weighted by Crippen LogP contribution is -2.24. The van der Waals surface area contributed by atoms with Crippen molar-refractivity contribution in [3.63, 3.8) is 0 Å². The van der Waals surface area contributed by atoms with Crippen LogP contribution in [0.25, 0.3) is 0 Å². The molecule has 1 atom stereocenters. The lowest BCUT2D eigenvalue weighted by atomic mass is 9.97. The Hall–Kier alpha value is -2.33. The number of amides is 1. The number of carbonyl (C=O) groups is 2. The van der Waals surface area contributed by atoms with Crippen LogP contribution in [0.4, 0.5) is 5.69 Å². The smallest absolute Gasteiger partial charge is 0.313 e. The summed E-state index contributed by atoms with van der Waals surface area (Å²) in [6, 6.07) is 14.6. The molecular formula is C19H20ClNO3. The molecule has 0 radical (unpaired) electrons. The molecule has 0 aromatic heterocycles. The topological polar surface area (TPSA) is 55.4 Å². The molecule has 0 saturated carbocycles. The number of anilines is 1. The van der Waals surface area contributed by atoms with E-state index in [1.807, 2.05) is 44.2 Å². The van der Waals surface area contributed by atoms with Crippen LogP contribution in [-0.4, -0.2) is 18.5 Å². The van der Waals surface area contributed by atoms with E-state index < -0.39 is 11.9 Å². The number of halogens is 1. The van der Waals surface area contributed by atoms with Gasteiger partial charge in [-0.2, -0.15) is 0 Å². The van der Waals surface area contributed by atoms with Crippen molar-refractivity contribution in [3.05, 3.63) is 64.7 Å². The fourth-order valence-electron chi connectivity index (χ4n) is 2.39. The Morgan fingerprint density at radius 1 is 1.12 bits per heavy atom. The third-order valence-electron chi connectivity index (χ3n) is 3.78. The van der Waals surface area contributed by atoms with Gasteiger partial charge in [0.25, 0.3) is 5.91 Å². The molecule has 0 unspecified atom stereocenters. The van der Waals surface area contributed by atoms with Crippen molar-refractivity contribution < 1.29 is 14.3 Å². The van der Waals surface area contributed by atoms with Crippen LogP contribution in [0, 0.1) is 6.92 Å². The van der Waals surface area contributed by atoms with Crippen LogP contribution in [0.15, 0.2) is 48.5 Å². The van der Waals surface area contributed by atoms with Gasteiger partial charge in [0.05, 0.1) is 5.92 Å². The molecule has 0 aliphatic carbocycles. The number of rotatable bonds is 6. The van der Waals surface area contributed by atoms with Gasteiger partial charge in [0.2, 0.25) is 0 Å². The number of benzene rings is 2. The first-order chi connectivity index (χ1) is 11.5. The van der Waals surface area contributed by atoms with Gasteiger partial charge in [-0.05, 0) is 36.6 Å². The van der Waals surface area contributed by atoms with Gasteiger partial charge >= 0.3 is 5.97 Å². The molecule has 126 valence electrons. The van der Waals surface area contributed by atoms with Gasteiger partial charge in [0.15, 0.2) is 6.61 Å². The maximum Gasteiger partial charge on any atom is 0.313 e. The van der Waals surface area contributed by atoms with Crippen LogP contribution < -0.4 is 5.32 Å². The third kappa shape index (κ3) is 4.59. The summed E-state index contributed by atoms with van der Waals surface area (Å²) < 4.78 is 5.17. The van der Waals surface area contributed by atoms with Gasteiger partial charge in [-0.1, -0.05) is 54.9 Å². The Morgan fingerprint density at radius 2 is 1.83 bits per heavy atom. The van der Waals surface area contributed by atoms with Crippen molar-refractivity contribution in [1.29, 1.82) is 0 Å². The number of nitrogens with one attached hydrogen (secondary N) is 1. The molecule has 0 aliphatic rings.